The molecule has 0 fully saturated rings. The molecule has 5 heteroatoms. The number of rotatable bonds is 6. The first kappa shape index (κ1) is 13.2. The van der Waals surface area contributed by atoms with Gasteiger partial charge >= 0.3 is 0 Å². The maximum absolute atomic E-state index is 6.32. The average Bonchev–Trinajstić information content (AvgIpc) is 2.99. The Kier molecular flexibility index (Phi) is 4.44. The summed E-state index contributed by atoms with van der Waals surface area (Å²) in [4.78, 5) is 0. The van der Waals surface area contributed by atoms with Crippen molar-refractivity contribution < 1.29 is 4.42 Å². The smallest absolute Gasteiger partial charge is 0.117 e. The van der Waals surface area contributed by atoms with Crippen molar-refractivity contribution in [2.24, 2.45) is 0 Å². The third kappa shape index (κ3) is 2.76. The summed E-state index contributed by atoms with van der Waals surface area (Å²) < 4.78 is 7.22. The van der Waals surface area contributed by atoms with Gasteiger partial charge in [-0.3, -0.25) is 4.68 Å². The summed E-state index contributed by atoms with van der Waals surface area (Å²) in [5.74, 6) is 0.921. The first-order valence-electron chi connectivity index (χ1n) is 6.23. The summed E-state index contributed by atoms with van der Waals surface area (Å²) in [5, 5.41) is 8.59. The van der Waals surface area contributed by atoms with Crippen LogP contribution in [0, 0.1) is 0 Å². The fraction of sp³-hybridized carbons (Fsp3) is 0.462. The van der Waals surface area contributed by atoms with E-state index in [1.807, 2.05) is 16.8 Å². The average molecular weight is 268 g/mol. The van der Waals surface area contributed by atoms with E-state index in [1.165, 1.54) is 0 Å². The zero-order chi connectivity index (χ0) is 13.0. The van der Waals surface area contributed by atoms with Crippen LogP contribution >= 0.6 is 11.6 Å². The minimum Gasteiger partial charge on any atom is -0.468 e. The second-order valence-electron chi connectivity index (χ2n) is 4.06. The molecular weight excluding hydrogens is 250 g/mol. The lowest BCUT2D eigenvalue weighted by Gasteiger charge is -2.06. The molecule has 1 N–H and O–H groups in total. The molecule has 2 aromatic rings. The monoisotopic (exact) mass is 267 g/mol. The van der Waals surface area contributed by atoms with Gasteiger partial charge < -0.3 is 9.73 Å². The number of hydrogen-bond acceptors (Lipinski definition) is 3. The SMILES string of the molecule is CCc1nn(CC)c(CNCc2ccco2)c1Cl. The third-order valence-electron chi connectivity index (χ3n) is 2.87. The summed E-state index contributed by atoms with van der Waals surface area (Å²) in [7, 11) is 0. The van der Waals surface area contributed by atoms with Crippen molar-refractivity contribution in [2.75, 3.05) is 0 Å². The minimum absolute atomic E-state index is 0.694. The maximum Gasteiger partial charge on any atom is 0.117 e. The molecule has 0 aliphatic heterocycles. The molecular formula is C13H18ClN3O. The lowest BCUT2D eigenvalue weighted by Crippen LogP contribution is -2.16. The van der Waals surface area contributed by atoms with Crippen molar-refractivity contribution in [3.8, 4) is 0 Å². The van der Waals surface area contributed by atoms with E-state index in [9.17, 15) is 0 Å². The van der Waals surface area contributed by atoms with Gasteiger partial charge in [0, 0.05) is 13.1 Å². The molecule has 0 unspecified atom stereocenters. The highest BCUT2D eigenvalue weighted by Gasteiger charge is 2.13. The Morgan fingerprint density at radius 1 is 1.39 bits per heavy atom. The van der Waals surface area contributed by atoms with Gasteiger partial charge in [-0.25, -0.2) is 0 Å². The lowest BCUT2D eigenvalue weighted by atomic mass is 10.3. The summed E-state index contributed by atoms with van der Waals surface area (Å²) >= 11 is 6.32. The van der Waals surface area contributed by atoms with Gasteiger partial charge in [0.25, 0.3) is 0 Å². The second-order valence-corrected chi connectivity index (χ2v) is 4.44. The first-order chi connectivity index (χ1) is 8.76. The normalized spacial score (nSPS) is 11.1. The van der Waals surface area contributed by atoms with Gasteiger partial charge in [-0.1, -0.05) is 18.5 Å². The molecule has 2 aromatic heterocycles. The van der Waals surface area contributed by atoms with E-state index >= 15 is 0 Å². The van der Waals surface area contributed by atoms with E-state index in [4.69, 9.17) is 16.0 Å². The van der Waals surface area contributed by atoms with Gasteiger partial charge in [-0.15, -0.1) is 0 Å². The molecule has 2 rings (SSSR count). The lowest BCUT2D eigenvalue weighted by molar-refractivity contribution is 0.476. The molecule has 0 radical (unpaired) electrons. The largest absolute Gasteiger partial charge is 0.468 e. The molecule has 18 heavy (non-hydrogen) atoms. The summed E-state index contributed by atoms with van der Waals surface area (Å²) in [6.45, 7) is 6.35. The van der Waals surface area contributed by atoms with Crippen LogP contribution in [0.3, 0.4) is 0 Å². The summed E-state index contributed by atoms with van der Waals surface area (Å²) in [5.41, 5.74) is 2.01. The molecule has 0 bridgehead atoms. The highest BCUT2D eigenvalue weighted by Crippen LogP contribution is 2.21. The zero-order valence-electron chi connectivity index (χ0n) is 10.7. The van der Waals surface area contributed by atoms with Gasteiger partial charge in [-0.05, 0) is 25.5 Å². The Labute approximate surface area is 112 Å². The van der Waals surface area contributed by atoms with Crippen molar-refractivity contribution in [1.29, 1.82) is 0 Å². The van der Waals surface area contributed by atoms with Crippen LogP contribution in [0.4, 0.5) is 0 Å². The molecule has 2 heterocycles. The van der Waals surface area contributed by atoms with Gasteiger partial charge in [-0.2, -0.15) is 5.10 Å². The van der Waals surface area contributed by atoms with Crippen LogP contribution in [0.2, 0.25) is 5.02 Å². The molecule has 4 nitrogen and oxygen atoms in total. The van der Waals surface area contributed by atoms with Crippen LogP contribution in [0.1, 0.15) is 31.0 Å². The topological polar surface area (TPSA) is 43.0 Å². The van der Waals surface area contributed by atoms with E-state index in [0.29, 0.717) is 13.1 Å². The molecule has 0 spiro atoms. The van der Waals surface area contributed by atoms with E-state index in [2.05, 4.69) is 24.3 Å². The molecule has 0 saturated carbocycles. The van der Waals surface area contributed by atoms with E-state index in [0.717, 1.165) is 35.1 Å². The van der Waals surface area contributed by atoms with Gasteiger partial charge in [0.15, 0.2) is 0 Å². The molecule has 0 amide bonds. The van der Waals surface area contributed by atoms with Crippen LogP contribution in [0.15, 0.2) is 22.8 Å². The fourth-order valence-electron chi connectivity index (χ4n) is 1.90. The highest BCUT2D eigenvalue weighted by atomic mass is 35.5. The van der Waals surface area contributed by atoms with Crippen LogP contribution in [0.25, 0.3) is 0 Å². The highest BCUT2D eigenvalue weighted by molar-refractivity contribution is 6.31. The predicted octanol–water partition coefficient (Wildman–Crippen LogP) is 3.00. The molecule has 0 aliphatic carbocycles. The summed E-state index contributed by atoms with van der Waals surface area (Å²) in [6.07, 6.45) is 2.53. The van der Waals surface area contributed by atoms with Crippen molar-refractivity contribution in [1.82, 2.24) is 15.1 Å². The van der Waals surface area contributed by atoms with Gasteiger partial charge in [0.1, 0.15) is 5.76 Å². The van der Waals surface area contributed by atoms with Crippen LogP contribution < -0.4 is 5.32 Å². The Bertz CT molecular complexity index is 491. The molecule has 0 aromatic carbocycles. The van der Waals surface area contributed by atoms with Crippen LogP contribution in [-0.2, 0) is 26.1 Å². The Morgan fingerprint density at radius 2 is 2.22 bits per heavy atom. The number of furan rings is 1. The Morgan fingerprint density at radius 3 is 2.83 bits per heavy atom. The fourth-order valence-corrected chi connectivity index (χ4v) is 2.24. The molecule has 0 saturated heterocycles. The second kappa shape index (κ2) is 6.07. The Balaban J connectivity index is 2.01. The summed E-state index contributed by atoms with van der Waals surface area (Å²) in [6, 6.07) is 3.83. The van der Waals surface area contributed by atoms with Gasteiger partial charge in [0.2, 0.25) is 0 Å². The van der Waals surface area contributed by atoms with Crippen LogP contribution in [0.5, 0.6) is 0 Å². The molecule has 0 atom stereocenters. The third-order valence-corrected chi connectivity index (χ3v) is 3.30. The number of halogens is 1. The van der Waals surface area contributed by atoms with Crippen molar-refractivity contribution >= 4 is 11.6 Å². The van der Waals surface area contributed by atoms with E-state index < -0.39 is 0 Å². The number of aryl methyl sites for hydroxylation is 2. The first-order valence-corrected chi connectivity index (χ1v) is 6.61. The quantitative estimate of drug-likeness (QED) is 0.875. The minimum atomic E-state index is 0.694. The molecule has 0 aliphatic rings. The predicted molar refractivity (Wildman–Crippen MR) is 71.5 cm³/mol. The van der Waals surface area contributed by atoms with E-state index in [1.54, 1.807) is 6.26 Å². The standard InChI is InChI=1S/C13H18ClN3O/c1-3-11-13(14)12(17(4-2)16-11)9-15-8-10-6-5-7-18-10/h5-7,15H,3-4,8-9H2,1-2H3. The van der Waals surface area contributed by atoms with Crippen LogP contribution in [-0.4, -0.2) is 9.78 Å². The number of aromatic nitrogens is 2. The van der Waals surface area contributed by atoms with Crippen molar-refractivity contribution in [3.63, 3.8) is 0 Å². The van der Waals surface area contributed by atoms with Crippen molar-refractivity contribution in [2.45, 2.75) is 39.9 Å². The number of nitrogens with zero attached hydrogens (tertiary/aromatic N) is 2. The Hall–Kier alpha value is -1.26. The zero-order valence-corrected chi connectivity index (χ0v) is 11.5. The number of hydrogen-bond donors (Lipinski definition) is 1. The van der Waals surface area contributed by atoms with E-state index in [-0.39, 0.29) is 0 Å². The molecule has 98 valence electrons. The number of nitrogens with one attached hydrogen (secondary N) is 1. The van der Waals surface area contributed by atoms with Crippen molar-refractivity contribution in [3.05, 3.63) is 40.6 Å². The van der Waals surface area contributed by atoms with Gasteiger partial charge in [0.05, 0.1) is 29.2 Å². The maximum atomic E-state index is 6.32.